The van der Waals surface area contributed by atoms with E-state index >= 15 is 0 Å². The SMILES string of the molecule is CC1(C(=O)Nc2ccc(C(=O)O)cc2Br)CCCC1. The summed E-state index contributed by atoms with van der Waals surface area (Å²) in [6, 6.07) is 4.60. The number of halogens is 1. The van der Waals surface area contributed by atoms with Gasteiger partial charge in [0.15, 0.2) is 0 Å². The Labute approximate surface area is 120 Å². The van der Waals surface area contributed by atoms with Crippen molar-refractivity contribution in [3.8, 4) is 0 Å². The molecular formula is C14H16BrNO3. The minimum absolute atomic E-state index is 0.00813. The molecule has 0 radical (unpaired) electrons. The van der Waals surface area contributed by atoms with Crippen LogP contribution in [0.1, 0.15) is 43.0 Å². The van der Waals surface area contributed by atoms with Gasteiger partial charge in [0, 0.05) is 9.89 Å². The number of hydrogen-bond donors (Lipinski definition) is 2. The highest BCUT2D eigenvalue weighted by Crippen LogP contribution is 2.39. The molecule has 1 aliphatic rings. The van der Waals surface area contributed by atoms with Crippen molar-refractivity contribution in [2.45, 2.75) is 32.6 Å². The Morgan fingerprint density at radius 1 is 1.32 bits per heavy atom. The van der Waals surface area contributed by atoms with Gasteiger partial charge >= 0.3 is 5.97 Å². The third kappa shape index (κ3) is 2.97. The Hall–Kier alpha value is -1.36. The number of carbonyl (C=O) groups is 2. The second-order valence-electron chi connectivity index (χ2n) is 5.22. The molecule has 0 bridgehead atoms. The number of hydrogen-bond acceptors (Lipinski definition) is 2. The lowest BCUT2D eigenvalue weighted by Crippen LogP contribution is -2.30. The van der Waals surface area contributed by atoms with Gasteiger partial charge in [-0.15, -0.1) is 0 Å². The smallest absolute Gasteiger partial charge is 0.335 e. The van der Waals surface area contributed by atoms with Gasteiger partial charge in [0.05, 0.1) is 11.3 Å². The van der Waals surface area contributed by atoms with E-state index < -0.39 is 5.97 Å². The van der Waals surface area contributed by atoms with Crippen molar-refractivity contribution < 1.29 is 14.7 Å². The molecule has 0 heterocycles. The molecule has 4 nitrogen and oxygen atoms in total. The lowest BCUT2D eigenvalue weighted by Gasteiger charge is -2.22. The molecule has 2 N–H and O–H groups in total. The molecule has 0 aliphatic heterocycles. The average molecular weight is 326 g/mol. The lowest BCUT2D eigenvalue weighted by atomic mass is 9.88. The number of carbonyl (C=O) groups excluding carboxylic acids is 1. The molecule has 0 aromatic heterocycles. The van der Waals surface area contributed by atoms with E-state index in [2.05, 4.69) is 21.2 Å². The van der Waals surface area contributed by atoms with Crippen LogP contribution in [0.15, 0.2) is 22.7 Å². The summed E-state index contributed by atoms with van der Waals surface area (Å²) in [5.41, 5.74) is 0.505. The highest BCUT2D eigenvalue weighted by molar-refractivity contribution is 9.10. The second-order valence-corrected chi connectivity index (χ2v) is 6.08. The molecule has 1 aromatic carbocycles. The summed E-state index contributed by atoms with van der Waals surface area (Å²) in [7, 11) is 0. The van der Waals surface area contributed by atoms with Gasteiger partial charge in [-0.05, 0) is 47.0 Å². The highest BCUT2D eigenvalue weighted by Gasteiger charge is 2.36. The van der Waals surface area contributed by atoms with Crippen molar-refractivity contribution in [3.63, 3.8) is 0 Å². The number of amides is 1. The molecule has 19 heavy (non-hydrogen) atoms. The van der Waals surface area contributed by atoms with Gasteiger partial charge < -0.3 is 10.4 Å². The van der Waals surface area contributed by atoms with Crippen LogP contribution in [-0.4, -0.2) is 17.0 Å². The third-order valence-corrected chi connectivity index (χ3v) is 4.38. The van der Waals surface area contributed by atoms with Crippen LogP contribution >= 0.6 is 15.9 Å². The van der Waals surface area contributed by atoms with Crippen molar-refractivity contribution in [1.82, 2.24) is 0 Å². The molecule has 102 valence electrons. The predicted octanol–water partition coefficient (Wildman–Crippen LogP) is 3.67. The standard InChI is InChI=1S/C14H16BrNO3/c1-14(6-2-3-7-14)13(19)16-11-5-4-9(12(17)18)8-10(11)15/h4-5,8H,2-3,6-7H2,1H3,(H,16,19)(H,17,18). The largest absolute Gasteiger partial charge is 0.478 e. The number of carboxylic acids is 1. The summed E-state index contributed by atoms with van der Waals surface area (Å²) in [5, 5.41) is 11.8. The van der Waals surface area contributed by atoms with Gasteiger partial charge in [0.25, 0.3) is 0 Å². The third-order valence-electron chi connectivity index (χ3n) is 3.72. The quantitative estimate of drug-likeness (QED) is 0.891. The van der Waals surface area contributed by atoms with Crippen LogP contribution in [0.25, 0.3) is 0 Å². The number of aromatic carboxylic acids is 1. The van der Waals surface area contributed by atoms with Crippen molar-refractivity contribution in [1.29, 1.82) is 0 Å². The van der Waals surface area contributed by atoms with Crippen LogP contribution in [0.5, 0.6) is 0 Å². The molecule has 0 saturated heterocycles. The zero-order valence-electron chi connectivity index (χ0n) is 10.7. The minimum atomic E-state index is -0.985. The fraction of sp³-hybridized carbons (Fsp3) is 0.429. The second kappa shape index (κ2) is 5.33. The van der Waals surface area contributed by atoms with Crippen LogP contribution in [-0.2, 0) is 4.79 Å². The number of nitrogens with one attached hydrogen (secondary N) is 1. The van der Waals surface area contributed by atoms with Crippen molar-refractivity contribution in [3.05, 3.63) is 28.2 Å². The maximum atomic E-state index is 12.3. The molecule has 0 atom stereocenters. The summed E-state index contributed by atoms with van der Waals surface area (Å²) >= 11 is 3.29. The first kappa shape index (κ1) is 14.1. The Kier molecular flexibility index (Phi) is 3.94. The molecule has 1 aliphatic carbocycles. The summed E-state index contributed by atoms with van der Waals surface area (Å²) in [6.45, 7) is 1.98. The van der Waals surface area contributed by atoms with Crippen LogP contribution in [0.2, 0.25) is 0 Å². The molecule has 0 unspecified atom stereocenters. The zero-order chi connectivity index (χ0) is 14.0. The predicted molar refractivity (Wildman–Crippen MR) is 76.3 cm³/mol. The number of benzene rings is 1. The summed E-state index contributed by atoms with van der Waals surface area (Å²) in [6.07, 6.45) is 3.99. The number of anilines is 1. The van der Waals surface area contributed by atoms with E-state index in [0.29, 0.717) is 10.2 Å². The summed E-state index contributed by atoms with van der Waals surface area (Å²) in [5.74, 6) is -0.977. The van der Waals surface area contributed by atoms with E-state index in [1.54, 1.807) is 6.07 Å². The molecule has 2 rings (SSSR count). The first-order chi connectivity index (χ1) is 8.92. The molecular weight excluding hydrogens is 310 g/mol. The highest BCUT2D eigenvalue weighted by atomic mass is 79.9. The van der Waals surface area contributed by atoms with E-state index in [4.69, 9.17) is 5.11 Å². The van der Waals surface area contributed by atoms with Gasteiger partial charge in [-0.25, -0.2) is 4.79 Å². The van der Waals surface area contributed by atoms with Gasteiger partial charge in [0.2, 0.25) is 5.91 Å². The molecule has 1 aromatic rings. The maximum Gasteiger partial charge on any atom is 0.335 e. The van der Waals surface area contributed by atoms with Crippen molar-refractivity contribution in [2.24, 2.45) is 5.41 Å². The monoisotopic (exact) mass is 325 g/mol. The van der Waals surface area contributed by atoms with Gasteiger partial charge in [0.1, 0.15) is 0 Å². The fourth-order valence-corrected chi connectivity index (χ4v) is 2.88. The van der Waals surface area contributed by atoms with E-state index in [9.17, 15) is 9.59 Å². The van der Waals surface area contributed by atoms with Crippen LogP contribution in [0.4, 0.5) is 5.69 Å². The summed E-state index contributed by atoms with van der Waals surface area (Å²) in [4.78, 5) is 23.1. The zero-order valence-corrected chi connectivity index (χ0v) is 12.3. The number of carboxylic acid groups (broad SMARTS) is 1. The van der Waals surface area contributed by atoms with Crippen molar-refractivity contribution >= 4 is 33.5 Å². The molecule has 5 heteroatoms. The topological polar surface area (TPSA) is 66.4 Å². The molecule has 0 spiro atoms. The van der Waals surface area contributed by atoms with Crippen LogP contribution in [0.3, 0.4) is 0 Å². The van der Waals surface area contributed by atoms with Crippen molar-refractivity contribution in [2.75, 3.05) is 5.32 Å². The minimum Gasteiger partial charge on any atom is -0.478 e. The van der Waals surface area contributed by atoms with E-state index in [1.807, 2.05) is 6.92 Å². The maximum absolute atomic E-state index is 12.3. The normalized spacial score (nSPS) is 17.2. The van der Waals surface area contributed by atoms with E-state index in [0.717, 1.165) is 25.7 Å². The Balaban J connectivity index is 2.15. The Morgan fingerprint density at radius 2 is 1.95 bits per heavy atom. The van der Waals surface area contributed by atoms with Gasteiger partial charge in [-0.1, -0.05) is 19.8 Å². The van der Waals surface area contributed by atoms with Gasteiger partial charge in [-0.3, -0.25) is 4.79 Å². The molecule has 1 saturated carbocycles. The van der Waals surface area contributed by atoms with Gasteiger partial charge in [-0.2, -0.15) is 0 Å². The molecule has 1 amide bonds. The fourth-order valence-electron chi connectivity index (χ4n) is 2.41. The van der Waals surface area contributed by atoms with E-state index in [1.165, 1.54) is 12.1 Å². The first-order valence-electron chi connectivity index (χ1n) is 6.27. The number of rotatable bonds is 3. The average Bonchev–Trinajstić information content (AvgIpc) is 2.80. The van der Waals surface area contributed by atoms with Crippen LogP contribution in [0, 0.1) is 5.41 Å². The Bertz CT molecular complexity index is 521. The first-order valence-corrected chi connectivity index (χ1v) is 7.06. The lowest BCUT2D eigenvalue weighted by molar-refractivity contribution is -0.124. The Morgan fingerprint density at radius 3 is 2.47 bits per heavy atom. The summed E-state index contributed by atoms with van der Waals surface area (Å²) < 4.78 is 0.586. The molecule has 1 fully saturated rings. The van der Waals surface area contributed by atoms with E-state index in [-0.39, 0.29) is 16.9 Å². The van der Waals surface area contributed by atoms with Crippen LogP contribution < -0.4 is 5.32 Å².